The molecule has 0 aliphatic rings. The lowest BCUT2D eigenvalue weighted by molar-refractivity contribution is -0.161. The van der Waals surface area contributed by atoms with E-state index in [0.717, 1.165) is 77.0 Å². The van der Waals surface area contributed by atoms with Gasteiger partial charge in [0.1, 0.15) is 12.6 Å². The third kappa shape index (κ3) is 39.6. The van der Waals surface area contributed by atoms with Crippen LogP contribution in [-0.2, 0) is 42.3 Å². The number of unbranched alkanes of at least 4 members (excludes halogenated alkanes) is 10. The SMILES string of the molecule is CCCCC/C=C\C/C=C\C/C=C\CCCCCCC(=O)O[C@H](COC(=O)CCC/C=C\C/C=C\C/C=C\C=C\C(=O)CCCCC)COP(=O)(O)OC[C@H](N)C(=O)O. The summed E-state index contributed by atoms with van der Waals surface area (Å²) in [6.45, 7) is 2.50. The summed E-state index contributed by atoms with van der Waals surface area (Å²) in [5.74, 6) is -2.38. The van der Waals surface area contributed by atoms with E-state index in [4.69, 9.17) is 24.8 Å². The van der Waals surface area contributed by atoms with Gasteiger partial charge >= 0.3 is 25.7 Å². The molecule has 334 valence electrons. The lowest BCUT2D eigenvalue weighted by atomic mass is 10.1. The highest BCUT2D eigenvalue weighted by Gasteiger charge is 2.28. The second-order valence-corrected chi connectivity index (χ2v) is 15.6. The normalized spacial score (nSPS) is 14.4. The number of ether oxygens (including phenoxy) is 2. The number of esters is 2. The molecular formula is C46H74NO11P. The monoisotopic (exact) mass is 847 g/mol. The van der Waals surface area contributed by atoms with Gasteiger partial charge in [-0.2, -0.15) is 0 Å². The van der Waals surface area contributed by atoms with Gasteiger partial charge in [0.05, 0.1) is 13.2 Å². The van der Waals surface area contributed by atoms with Crippen molar-refractivity contribution in [2.24, 2.45) is 5.73 Å². The van der Waals surface area contributed by atoms with Crippen molar-refractivity contribution in [2.75, 3.05) is 19.8 Å². The maximum Gasteiger partial charge on any atom is 0.472 e. The van der Waals surface area contributed by atoms with E-state index < -0.39 is 57.7 Å². The first kappa shape index (κ1) is 55.3. The fraction of sp³-hybridized carbons (Fsp3) is 0.609. The first-order valence-electron chi connectivity index (χ1n) is 21.6. The van der Waals surface area contributed by atoms with Crippen molar-refractivity contribution < 1.29 is 52.3 Å². The number of carbonyl (C=O) groups excluding carboxylic acids is 3. The molecule has 13 heteroatoms. The van der Waals surface area contributed by atoms with Gasteiger partial charge < -0.3 is 25.2 Å². The molecule has 0 aromatic rings. The van der Waals surface area contributed by atoms with Crippen molar-refractivity contribution in [1.29, 1.82) is 0 Å². The Morgan fingerprint density at radius 3 is 1.68 bits per heavy atom. The Hall–Kier alpha value is -3.67. The standard InChI is InChI=1S/C46H74NO11P/c1-3-5-7-8-9-10-11-12-13-14-15-16-19-23-26-29-33-37-45(50)58-42(39-56-59(53,54)57-40-43(47)46(51)52)38-55-44(49)36-32-28-25-22-20-17-18-21-24-27-31-35-41(48)34-30-6-4-2/h9-10,12-13,15-18,22,24-25,27,31,35,42-43H,3-8,11,14,19-21,23,26,28-30,32-34,36-40,47H2,1-2H3,(H,51,52)(H,53,54)/b10-9-,13-12-,16-15-,18-17-,25-22-,27-24-,35-31+/t42-,43+/m1/s1. The minimum atomic E-state index is -4.75. The second kappa shape index (κ2) is 39.8. The van der Waals surface area contributed by atoms with Crippen LogP contribution in [0.2, 0.25) is 0 Å². The Morgan fingerprint density at radius 1 is 0.576 bits per heavy atom. The summed E-state index contributed by atoms with van der Waals surface area (Å²) in [6.07, 6.45) is 44.9. The van der Waals surface area contributed by atoms with E-state index in [1.165, 1.54) is 19.3 Å². The van der Waals surface area contributed by atoms with Crippen LogP contribution in [0.1, 0.15) is 149 Å². The quantitative estimate of drug-likeness (QED) is 0.0133. The van der Waals surface area contributed by atoms with Crippen LogP contribution in [0.3, 0.4) is 0 Å². The number of rotatable bonds is 39. The molecule has 1 unspecified atom stereocenters. The number of hydrogen-bond donors (Lipinski definition) is 3. The summed E-state index contributed by atoms with van der Waals surface area (Å²) in [7, 11) is -4.75. The molecule has 0 aromatic heterocycles. The van der Waals surface area contributed by atoms with Gasteiger partial charge in [-0.25, -0.2) is 4.57 Å². The van der Waals surface area contributed by atoms with Crippen molar-refractivity contribution in [3.8, 4) is 0 Å². The van der Waals surface area contributed by atoms with Gasteiger partial charge in [-0.3, -0.25) is 28.2 Å². The summed E-state index contributed by atoms with van der Waals surface area (Å²) < 4.78 is 32.6. The molecule has 0 heterocycles. The van der Waals surface area contributed by atoms with Gasteiger partial charge in [0.15, 0.2) is 11.9 Å². The summed E-state index contributed by atoms with van der Waals surface area (Å²) in [4.78, 5) is 57.6. The molecule has 0 aliphatic carbocycles. The highest BCUT2D eigenvalue weighted by Crippen LogP contribution is 2.43. The smallest absolute Gasteiger partial charge is 0.472 e. The minimum Gasteiger partial charge on any atom is -0.480 e. The van der Waals surface area contributed by atoms with Crippen molar-refractivity contribution in [3.05, 3.63) is 85.1 Å². The molecule has 0 aromatic carbocycles. The number of ketones is 1. The molecule has 0 amide bonds. The van der Waals surface area contributed by atoms with Crippen molar-refractivity contribution >= 4 is 31.5 Å². The van der Waals surface area contributed by atoms with Gasteiger partial charge in [0.2, 0.25) is 0 Å². The molecule has 0 rings (SSSR count). The Morgan fingerprint density at radius 2 is 1.07 bits per heavy atom. The van der Waals surface area contributed by atoms with Crippen LogP contribution in [0.25, 0.3) is 0 Å². The number of carbonyl (C=O) groups is 4. The van der Waals surface area contributed by atoms with Crippen LogP contribution < -0.4 is 5.73 Å². The van der Waals surface area contributed by atoms with Crippen molar-refractivity contribution in [3.63, 3.8) is 0 Å². The Labute approximate surface area is 354 Å². The molecule has 0 saturated heterocycles. The van der Waals surface area contributed by atoms with E-state index in [1.807, 2.05) is 36.5 Å². The summed E-state index contributed by atoms with van der Waals surface area (Å²) in [5.41, 5.74) is 5.32. The predicted molar refractivity (Wildman–Crippen MR) is 235 cm³/mol. The Bertz CT molecular complexity index is 1380. The molecule has 0 radical (unpaired) electrons. The number of phosphoric acid groups is 1. The zero-order chi connectivity index (χ0) is 43.7. The average molecular weight is 848 g/mol. The molecule has 4 N–H and O–H groups in total. The topological polar surface area (TPSA) is 189 Å². The van der Waals surface area contributed by atoms with Crippen LogP contribution in [-0.4, -0.2) is 65.7 Å². The fourth-order valence-electron chi connectivity index (χ4n) is 5.13. The number of hydrogen-bond acceptors (Lipinski definition) is 10. The lowest BCUT2D eigenvalue weighted by Gasteiger charge is -2.20. The van der Waals surface area contributed by atoms with E-state index in [2.05, 4.69) is 54.8 Å². The van der Waals surface area contributed by atoms with Gasteiger partial charge in [0.25, 0.3) is 0 Å². The zero-order valence-electron chi connectivity index (χ0n) is 35.8. The molecule has 59 heavy (non-hydrogen) atoms. The van der Waals surface area contributed by atoms with E-state index in [1.54, 1.807) is 12.2 Å². The molecule has 0 bridgehead atoms. The number of allylic oxidation sites excluding steroid dienone is 14. The molecular weight excluding hydrogens is 773 g/mol. The van der Waals surface area contributed by atoms with E-state index in [-0.39, 0.29) is 18.6 Å². The number of carboxylic acid groups (broad SMARTS) is 1. The van der Waals surface area contributed by atoms with Gasteiger partial charge in [-0.15, -0.1) is 0 Å². The zero-order valence-corrected chi connectivity index (χ0v) is 36.7. The Kier molecular flexibility index (Phi) is 37.3. The first-order chi connectivity index (χ1) is 28.5. The van der Waals surface area contributed by atoms with Crippen LogP contribution in [0, 0.1) is 0 Å². The van der Waals surface area contributed by atoms with E-state index >= 15 is 0 Å². The Balaban J connectivity index is 4.57. The van der Waals surface area contributed by atoms with Crippen molar-refractivity contribution in [2.45, 2.75) is 161 Å². The molecule has 0 spiro atoms. The van der Waals surface area contributed by atoms with Gasteiger partial charge in [-0.1, -0.05) is 131 Å². The highest BCUT2D eigenvalue weighted by atomic mass is 31.2. The van der Waals surface area contributed by atoms with Gasteiger partial charge in [0, 0.05) is 19.3 Å². The van der Waals surface area contributed by atoms with Crippen LogP contribution in [0.15, 0.2) is 85.1 Å². The minimum absolute atomic E-state index is 0.107. The molecule has 12 nitrogen and oxygen atoms in total. The molecule has 3 atom stereocenters. The fourth-order valence-corrected chi connectivity index (χ4v) is 5.91. The van der Waals surface area contributed by atoms with Crippen LogP contribution in [0.4, 0.5) is 0 Å². The number of carboxylic acids is 1. The van der Waals surface area contributed by atoms with Crippen LogP contribution in [0.5, 0.6) is 0 Å². The second-order valence-electron chi connectivity index (χ2n) is 14.2. The van der Waals surface area contributed by atoms with E-state index in [9.17, 15) is 28.6 Å². The third-order valence-electron chi connectivity index (χ3n) is 8.59. The third-order valence-corrected chi connectivity index (χ3v) is 9.54. The number of aliphatic carboxylic acids is 1. The maximum absolute atomic E-state index is 12.6. The lowest BCUT2D eigenvalue weighted by Crippen LogP contribution is -2.34. The van der Waals surface area contributed by atoms with E-state index in [0.29, 0.717) is 25.7 Å². The molecule has 0 saturated carbocycles. The van der Waals surface area contributed by atoms with Crippen molar-refractivity contribution in [1.82, 2.24) is 0 Å². The number of nitrogens with two attached hydrogens (primary N) is 1. The summed E-state index contributed by atoms with van der Waals surface area (Å²) >= 11 is 0. The summed E-state index contributed by atoms with van der Waals surface area (Å²) in [5, 5.41) is 8.88. The maximum atomic E-state index is 12.6. The molecule has 0 aliphatic heterocycles. The number of phosphoric ester groups is 1. The predicted octanol–water partition coefficient (Wildman–Crippen LogP) is 10.7. The average Bonchev–Trinajstić information content (AvgIpc) is 3.20. The largest absolute Gasteiger partial charge is 0.480 e. The van der Waals surface area contributed by atoms with Crippen LogP contribution >= 0.6 is 7.82 Å². The van der Waals surface area contributed by atoms with Gasteiger partial charge in [-0.05, 0) is 83.1 Å². The first-order valence-corrected chi connectivity index (χ1v) is 23.1. The highest BCUT2D eigenvalue weighted by molar-refractivity contribution is 7.47. The summed E-state index contributed by atoms with van der Waals surface area (Å²) in [6, 6.07) is -1.55. The molecule has 0 fully saturated rings.